The third-order valence-electron chi connectivity index (χ3n) is 6.18. The van der Waals surface area contributed by atoms with E-state index in [2.05, 4.69) is 21.5 Å². The predicted octanol–water partition coefficient (Wildman–Crippen LogP) is 3.68. The minimum atomic E-state index is -0.490. The van der Waals surface area contributed by atoms with Gasteiger partial charge in [-0.25, -0.2) is 4.68 Å². The van der Waals surface area contributed by atoms with Crippen molar-refractivity contribution in [2.24, 2.45) is 7.05 Å². The fourth-order valence-corrected chi connectivity index (χ4v) is 4.57. The van der Waals surface area contributed by atoms with Crippen molar-refractivity contribution in [2.45, 2.75) is 25.8 Å². The molecule has 0 bridgehead atoms. The number of nitrogens with one attached hydrogen (secondary N) is 2. The third kappa shape index (κ3) is 3.17. The molecule has 1 atom stereocenters. The quantitative estimate of drug-likeness (QED) is 0.434. The lowest BCUT2D eigenvalue weighted by atomic mass is 10.1. The highest BCUT2D eigenvalue weighted by molar-refractivity contribution is 6.08. The predicted molar refractivity (Wildman–Crippen MR) is 127 cm³/mol. The van der Waals surface area contributed by atoms with Gasteiger partial charge in [-0.3, -0.25) is 9.59 Å². The van der Waals surface area contributed by atoms with E-state index in [1.807, 2.05) is 60.2 Å². The topological polar surface area (TPSA) is 84.7 Å². The molecule has 0 fully saturated rings. The lowest BCUT2D eigenvalue weighted by molar-refractivity contribution is -0.124. The Balaban J connectivity index is 1.47. The van der Waals surface area contributed by atoms with Crippen molar-refractivity contribution in [3.05, 3.63) is 76.8 Å². The third-order valence-corrected chi connectivity index (χ3v) is 6.18. The fourth-order valence-electron chi connectivity index (χ4n) is 4.57. The zero-order valence-corrected chi connectivity index (χ0v) is 18.1. The van der Waals surface area contributed by atoms with Crippen LogP contribution in [-0.2, 0) is 18.3 Å². The standard InChI is InChI=1S/C25H25N5O2/c1-3-21(24(31)26-13-12-16-14-27-20-10-6-4-8-17(16)20)30-22-11-7-5-9-18(22)19-15-28-29(2)25(32)23(19)30/h4-11,14-15,21,27H,3,12-13H2,1-2H3,(H,26,31)/t21-/m0/s1. The lowest BCUT2D eigenvalue weighted by Crippen LogP contribution is -2.34. The number of carbonyl (C=O) groups excluding carboxylic acids is 1. The summed E-state index contributed by atoms with van der Waals surface area (Å²) in [6.07, 6.45) is 5.00. The van der Waals surface area contributed by atoms with Crippen LogP contribution in [0.15, 0.2) is 65.7 Å². The maximum Gasteiger partial charge on any atom is 0.291 e. The molecule has 0 unspecified atom stereocenters. The van der Waals surface area contributed by atoms with Crippen LogP contribution in [-0.4, -0.2) is 31.8 Å². The van der Waals surface area contributed by atoms with Gasteiger partial charge < -0.3 is 14.9 Å². The second kappa shape index (κ2) is 8.00. The van der Waals surface area contributed by atoms with Gasteiger partial charge in [0.2, 0.25) is 5.91 Å². The molecule has 0 saturated heterocycles. The SMILES string of the molecule is CC[C@@H](C(=O)NCCc1c[nH]c2ccccc12)n1c2ccccc2c2cnn(C)c(=O)c21. The second-order valence-electron chi connectivity index (χ2n) is 8.05. The van der Waals surface area contributed by atoms with Crippen LogP contribution in [0, 0.1) is 0 Å². The molecule has 0 aliphatic carbocycles. The molecule has 2 aromatic carbocycles. The van der Waals surface area contributed by atoms with E-state index in [1.54, 1.807) is 13.2 Å². The number of fused-ring (bicyclic) bond motifs is 4. The largest absolute Gasteiger partial charge is 0.361 e. The molecule has 0 spiro atoms. The van der Waals surface area contributed by atoms with Crippen molar-refractivity contribution in [2.75, 3.05) is 6.54 Å². The fraction of sp³-hybridized carbons (Fsp3) is 0.240. The van der Waals surface area contributed by atoms with Crippen molar-refractivity contribution in [1.29, 1.82) is 0 Å². The molecule has 0 aliphatic rings. The van der Waals surface area contributed by atoms with E-state index < -0.39 is 6.04 Å². The highest BCUT2D eigenvalue weighted by Gasteiger charge is 2.25. The van der Waals surface area contributed by atoms with Gasteiger partial charge in [0.05, 0.1) is 11.7 Å². The van der Waals surface area contributed by atoms with Crippen LogP contribution in [0.3, 0.4) is 0 Å². The Kier molecular flexibility index (Phi) is 5.01. The monoisotopic (exact) mass is 427 g/mol. The van der Waals surface area contributed by atoms with Crippen LogP contribution < -0.4 is 10.9 Å². The molecule has 0 radical (unpaired) electrons. The first-order valence-corrected chi connectivity index (χ1v) is 10.9. The van der Waals surface area contributed by atoms with Gasteiger partial charge in [0.25, 0.3) is 5.56 Å². The van der Waals surface area contributed by atoms with Gasteiger partial charge in [-0.05, 0) is 30.5 Å². The molecule has 7 heteroatoms. The summed E-state index contributed by atoms with van der Waals surface area (Å²) >= 11 is 0. The van der Waals surface area contributed by atoms with Crippen molar-refractivity contribution in [1.82, 2.24) is 24.6 Å². The molecular formula is C25H25N5O2. The number of aromatic amines is 1. The van der Waals surface area contributed by atoms with Gasteiger partial charge in [-0.2, -0.15) is 5.10 Å². The number of H-pyrrole nitrogens is 1. The zero-order chi connectivity index (χ0) is 22.2. The maximum atomic E-state index is 13.3. The Bertz CT molecular complexity index is 1510. The molecule has 32 heavy (non-hydrogen) atoms. The zero-order valence-electron chi connectivity index (χ0n) is 18.1. The van der Waals surface area contributed by atoms with E-state index in [1.165, 1.54) is 15.6 Å². The first-order chi connectivity index (χ1) is 15.6. The minimum Gasteiger partial charge on any atom is -0.361 e. The lowest BCUT2D eigenvalue weighted by Gasteiger charge is -2.19. The van der Waals surface area contributed by atoms with Crippen molar-refractivity contribution in [3.8, 4) is 0 Å². The number of hydrogen-bond acceptors (Lipinski definition) is 3. The van der Waals surface area contributed by atoms with Crippen LogP contribution in [0.25, 0.3) is 32.7 Å². The Morgan fingerprint density at radius 1 is 1.09 bits per heavy atom. The van der Waals surface area contributed by atoms with E-state index in [0.717, 1.165) is 28.2 Å². The average Bonchev–Trinajstić information content (AvgIpc) is 3.37. The summed E-state index contributed by atoms with van der Waals surface area (Å²) in [5, 5.41) is 10.2. The number of nitrogens with zero attached hydrogens (tertiary/aromatic N) is 3. The summed E-state index contributed by atoms with van der Waals surface area (Å²) in [5.74, 6) is -0.0890. The molecule has 3 heterocycles. The molecule has 0 aliphatic heterocycles. The van der Waals surface area contributed by atoms with E-state index in [0.29, 0.717) is 18.5 Å². The Morgan fingerprint density at radius 3 is 2.66 bits per heavy atom. The van der Waals surface area contributed by atoms with Gasteiger partial charge in [-0.15, -0.1) is 0 Å². The summed E-state index contributed by atoms with van der Waals surface area (Å²) in [6, 6.07) is 15.4. The smallest absolute Gasteiger partial charge is 0.291 e. The Labute approximate surface area is 184 Å². The van der Waals surface area contributed by atoms with Crippen molar-refractivity contribution >= 4 is 38.6 Å². The van der Waals surface area contributed by atoms with Gasteiger partial charge in [-0.1, -0.05) is 43.3 Å². The van der Waals surface area contributed by atoms with Crippen LogP contribution >= 0.6 is 0 Å². The molecule has 0 saturated carbocycles. The number of rotatable bonds is 6. The van der Waals surface area contributed by atoms with Gasteiger partial charge in [0.1, 0.15) is 11.6 Å². The number of aryl methyl sites for hydroxylation is 1. The van der Waals surface area contributed by atoms with Crippen molar-refractivity contribution in [3.63, 3.8) is 0 Å². The molecule has 5 rings (SSSR count). The van der Waals surface area contributed by atoms with E-state index in [9.17, 15) is 9.59 Å². The van der Waals surface area contributed by atoms with E-state index in [-0.39, 0.29) is 11.5 Å². The Morgan fingerprint density at radius 2 is 1.84 bits per heavy atom. The first kappa shape index (κ1) is 20.1. The number of benzene rings is 2. The van der Waals surface area contributed by atoms with Crippen LogP contribution in [0.5, 0.6) is 0 Å². The van der Waals surface area contributed by atoms with Crippen molar-refractivity contribution < 1.29 is 4.79 Å². The summed E-state index contributed by atoms with van der Waals surface area (Å²) in [7, 11) is 1.63. The summed E-state index contributed by atoms with van der Waals surface area (Å²) < 4.78 is 3.20. The number of amides is 1. The van der Waals surface area contributed by atoms with E-state index in [4.69, 9.17) is 0 Å². The van der Waals surface area contributed by atoms with E-state index >= 15 is 0 Å². The molecule has 3 aromatic heterocycles. The molecule has 1 amide bonds. The number of hydrogen-bond donors (Lipinski definition) is 2. The Hall–Kier alpha value is -3.87. The van der Waals surface area contributed by atoms with Crippen LogP contribution in [0.2, 0.25) is 0 Å². The summed E-state index contributed by atoms with van der Waals surface area (Å²) in [6.45, 7) is 2.49. The first-order valence-electron chi connectivity index (χ1n) is 10.9. The number of carbonyl (C=O) groups is 1. The normalized spacial score (nSPS) is 12.6. The van der Waals surface area contributed by atoms with Gasteiger partial charge in [0, 0.05) is 41.5 Å². The molecule has 162 valence electrons. The number of para-hydroxylation sites is 2. The highest BCUT2D eigenvalue weighted by Crippen LogP contribution is 2.30. The average molecular weight is 428 g/mol. The summed E-state index contributed by atoms with van der Waals surface area (Å²) in [4.78, 5) is 29.6. The molecule has 5 aromatic rings. The van der Waals surface area contributed by atoms with Gasteiger partial charge >= 0.3 is 0 Å². The maximum absolute atomic E-state index is 13.3. The summed E-state index contributed by atoms with van der Waals surface area (Å²) in [5.41, 5.74) is 3.44. The molecule has 2 N–H and O–H groups in total. The van der Waals surface area contributed by atoms with Crippen LogP contribution in [0.1, 0.15) is 24.9 Å². The molecular weight excluding hydrogens is 402 g/mol. The van der Waals surface area contributed by atoms with Crippen LogP contribution in [0.4, 0.5) is 0 Å². The van der Waals surface area contributed by atoms with Gasteiger partial charge in [0.15, 0.2) is 0 Å². The second-order valence-corrected chi connectivity index (χ2v) is 8.05. The highest BCUT2D eigenvalue weighted by atomic mass is 16.2. The minimum absolute atomic E-state index is 0.0890. The number of aromatic nitrogens is 4. The molecule has 7 nitrogen and oxygen atoms in total.